The first-order chi connectivity index (χ1) is 14.8. The number of sulfonamides is 1. The Balaban J connectivity index is 1.94. The van der Waals surface area contributed by atoms with Crippen LogP contribution in [0.2, 0.25) is 10.0 Å². The summed E-state index contributed by atoms with van der Waals surface area (Å²) in [6.45, 7) is 0. The molecule has 1 aliphatic heterocycles. The Labute approximate surface area is 191 Å². The summed E-state index contributed by atoms with van der Waals surface area (Å²) in [5, 5.41) is 5.35. The van der Waals surface area contributed by atoms with E-state index in [4.69, 9.17) is 27.9 Å². The number of halogens is 2. The summed E-state index contributed by atoms with van der Waals surface area (Å²) >= 11 is 12.6. The molecule has 1 aromatic heterocycles. The van der Waals surface area contributed by atoms with Gasteiger partial charge in [-0.05, 0) is 34.9 Å². The zero-order valence-electron chi connectivity index (χ0n) is 16.8. The molecule has 9 heteroatoms. The number of hydrogen-bond donors (Lipinski definition) is 0. The predicted molar refractivity (Wildman–Crippen MR) is 122 cm³/mol. The normalized spacial score (nSPS) is 15.9. The molecule has 0 amide bonds. The van der Waals surface area contributed by atoms with Crippen LogP contribution < -0.4 is 4.74 Å². The molecular formula is C22H19Cl2N3O3S. The molecule has 160 valence electrons. The van der Waals surface area contributed by atoms with Gasteiger partial charge in [-0.15, -0.1) is 0 Å². The van der Waals surface area contributed by atoms with Crippen molar-refractivity contribution >= 4 is 38.9 Å². The standard InChI is InChI=1S/C22H19Cl2N3O3S/c1-30-15-8-9-16-17(10-15)22(14-6-4-3-5-7-14)27(31(2,28)29)26-21(16)11-18-19(23)12-25-13-20(18)24/h3-10,12-13,22H,11H2,1-2H3. The van der Waals surface area contributed by atoms with E-state index in [0.717, 1.165) is 27.4 Å². The monoisotopic (exact) mass is 475 g/mol. The number of nitrogens with zero attached hydrogens (tertiary/aromatic N) is 3. The Morgan fingerprint density at radius 3 is 2.35 bits per heavy atom. The van der Waals surface area contributed by atoms with E-state index in [1.807, 2.05) is 48.5 Å². The van der Waals surface area contributed by atoms with E-state index >= 15 is 0 Å². The lowest BCUT2D eigenvalue weighted by molar-refractivity contribution is 0.369. The van der Waals surface area contributed by atoms with Gasteiger partial charge >= 0.3 is 0 Å². The highest BCUT2D eigenvalue weighted by Crippen LogP contribution is 2.39. The van der Waals surface area contributed by atoms with Crippen molar-refractivity contribution in [2.75, 3.05) is 13.4 Å². The van der Waals surface area contributed by atoms with Gasteiger partial charge in [0, 0.05) is 24.4 Å². The predicted octanol–water partition coefficient (Wildman–Crippen LogP) is 4.71. The van der Waals surface area contributed by atoms with Crippen LogP contribution in [0.5, 0.6) is 5.75 Å². The summed E-state index contributed by atoms with van der Waals surface area (Å²) in [6, 6.07) is 14.3. The largest absolute Gasteiger partial charge is 0.497 e. The summed E-state index contributed by atoms with van der Waals surface area (Å²) in [7, 11) is -2.13. The Bertz CT molecular complexity index is 1240. The van der Waals surface area contributed by atoms with Crippen LogP contribution in [0.1, 0.15) is 28.3 Å². The third-order valence-corrected chi connectivity index (χ3v) is 6.68. The fourth-order valence-electron chi connectivity index (χ4n) is 3.62. The number of benzene rings is 2. The van der Waals surface area contributed by atoms with Crippen LogP contribution in [0.15, 0.2) is 66.0 Å². The van der Waals surface area contributed by atoms with Crippen LogP contribution in [0, 0.1) is 0 Å². The molecule has 3 aromatic rings. The summed E-state index contributed by atoms with van der Waals surface area (Å²) in [5.41, 5.74) is 3.53. The minimum Gasteiger partial charge on any atom is -0.497 e. The van der Waals surface area contributed by atoms with Crippen LogP contribution in [-0.2, 0) is 16.4 Å². The quantitative estimate of drug-likeness (QED) is 0.535. The molecule has 0 spiro atoms. The number of hydrazone groups is 1. The lowest BCUT2D eigenvalue weighted by Crippen LogP contribution is -2.36. The molecule has 4 rings (SSSR count). The molecule has 0 fully saturated rings. The Morgan fingerprint density at radius 2 is 1.74 bits per heavy atom. The number of aromatic nitrogens is 1. The molecule has 1 atom stereocenters. The van der Waals surface area contributed by atoms with Gasteiger partial charge in [-0.1, -0.05) is 53.5 Å². The van der Waals surface area contributed by atoms with Crippen LogP contribution in [0.25, 0.3) is 0 Å². The first-order valence-electron chi connectivity index (χ1n) is 9.37. The second-order valence-electron chi connectivity index (χ2n) is 7.11. The van der Waals surface area contributed by atoms with Gasteiger partial charge in [0.2, 0.25) is 10.0 Å². The molecule has 31 heavy (non-hydrogen) atoms. The van der Waals surface area contributed by atoms with Gasteiger partial charge in [0.1, 0.15) is 11.8 Å². The molecule has 0 N–H and O–H groups in total. The van der Waals surface area contributed by atoms with Crippen molar-refractivity contribution in [2.45, 2.75) is 12.5 Å². The smallest absolute Gasteiger partial charge is 0.247 e. The van der Waals surface area contributed by atoms with E-state index in [0.29, 0.717) is 27.1 Å². The average molecular weight is 476 g/mol. The van der Waals surface area contributed by atoms with Crippen LogP contribution in [0.4, 0.5) is 0 Å². The van der Waals surface area contributed by atoms with Crippen molar-refractivity contribution in [3.63, 3.8) is 0 Å². The molecule has 6 nitrogen and oxygen atoms in total. The number of rotatable bonds is 5. The number of ether oxygens (including phenoxy) is 1. The lowest BCUT2D eigenvalue weighted by atomic mass is 9.89. The Morgan fingerprint density at radius 1 is 1.06 bits per heavy atom. The maximum Gasteiger partial charge on any atom is 0.247 e. The van der Waals surface area contributed by atoms with Gasteiger partial charge in [0.15, 0.2) is 0 Å². The topological polar surface area (TPSA) is 71.9 Å². The molecule has 1 aliphatic rings. The molecule has 0 saturated carbocycles. The van der Waals surface area contributed by atoms with E-state index < -0.39 is 16.1 Å². The summed E-state index contributed by atoms with van der Waals surface area (Å²) in [4.78, 5) is 3.98. The summed E-state index contributed by atoms with van der Waals surface area (Å²) in [5.74, 6) is 0.620. The molecule has 2 heterocycles. The van der Waals surface area contributed by atoms with Gasteiger partial charge in [-0.3, -0.25) is 4.98 Å². The zero-order valence-corrected chi connectivity index (χ0v) is 19.1. The first-order valence-corrected chi connectivity index (χ1v) is 12.0. The van der Waals surface area contributed by atoms with E-state index in [1.165, 1.54) is 12.4 Å². The fraction of sp³-hybridized carbons (Fsp3) is 0.182. The first kappa shape index (κ1) is 21.6. The highest BCUT2D eigenvalue weighted by molar-refractivity contribution is 7.88. The van der Waals surface area contributed by atoms with Crippen molar-refractivity contribution in [2.24, 2.45) is 5.10 Å². The summed E-state index contributed by atoms with van der Waals surface area (Å²) in [6.07, 6.45) is 4.39. The van der Waals surface area contributed by atoms with E-state index in [-0.39, 0.29) is 6.42 Å². The van der Waals surface area contributed by atoms with Crippen molar-refractivity contribution in [3.05, 3.63) is 93.2 Å². The second-order valence-corrected chi connectivity index (χ2v) is 9.76. The van der Waals surface area contributed by atoms with Crippen LogP contribution in [0.3, 0.4) is 0 Å². The third kappa shape index (κ3) is 4.26. The Hall–Kier alpha value is -2.61. The van der Waals surface area contributed by atoms with E-state index in [2.05, 4.69) is 10.1 Å². The molecule has 0 aliphatic carbocycles. The number of fused-ring (bicyclic) bond motifs is 1. The minimum atomic E-state index is -3.70. The lowest BCUT2D eigenvalue weighted by Gasteiger charge is -2.34. The van der Waals surface area contributed by atoms with E-state index in [1.54, 1.807) is 7.11 Å². The molecule has 0 saturated heterocycles. The van der Waals surface area contributed by atoms with Crippen molar-refractivity contribution < 1.29 is 13.2 Å². The third-order valence-electron chi connectivity index (χ3n) is 5.06. The Kier molecular flexibility index (Phi) is 5.92. The van der Waals surface area contributed by atoms with Crippen molar-refractivity contribution in [3.8, 4) is 5.75 Å². The molecule has 0 bridgehead atoms. The SMILES string of the molecule is COc1ccc2c(c1)C(c1ccccc1)N(S(C)(=O)=O)N=C2Cc1c(Cl)cncc1Cl. The van der Waals surface area contributed by atoms with E-state index in [9.17, 15) is 8.42 Å². The maximum absolute atomic E-state index is 12.8. The second kappa shape index (κ2) is 8.49. The molecule has 2 aromatic carbocycles. The van der Waals surface area contributed by atoms with Crippen molar-refractivity contribution in [1.82, 2.24) is 9.40 Å². The number of methoxy groups -OCH3 is 1. The van der Waals surface area contributed by atoms with Gasteiger partial charge < -0.3 is 4.74 Å². The fourth-order valence-corrected chi connectivity index (χ4v) is 4.98. The van der Waals surface area contributed by atoms with Crippen LogP contribution >= 0.6 is 23.2 Å². The highest BCUT2D eigenvalue weighted by Gasteiger charge is 2.36. The maximum atomic E-state index is 12.8. The number of pyridine rings is 1. The van der Waals surface area contributed by atoms with Crippen LogP contribution in [-0.4, -0.2) is 36.9 Å². The van der Waals surface area contributed by atoms with Gasteiger partial charge in [0.25, 0.3) is 0 Å². The minimum absolute atomic E-state index is 0.243. The average Bonchev–Trinajstić information content (AvgIpc) is 2.75. The van der Waals surface area contributed by atoms with Gasteiger partial charge in [0.05, 0.1) is 29.1 Å². The number of hydrogen-bond acceptors (Lipinski definition) is 5. The van der Waals surface area contributed by atoms with Gasteiger partial charge in [-0.25, -0.2) is 8.42 Å². The molecule has 1 unspecified atom stereocenters. The van der Waals surface area contributed by atoms with Crippen molar-refractivity contribution in [1.29, 1.82) is 0 Å². The highest BCUT2D eigenvalue weighted by atomic mass is 35.5. The molecular weight excluding hydrogens is 457 g/mol. The van der Waals surface area contributed by atoms with Gasteiger partial charge in [-0.2, -0.15) is 9.52 Å². The summed E-state index contributed by atoms with van der Waals surface area (Å²) < 4.78 is 32.1. The zero-order chi connectivity index (χ0) is 22.2. The molecule has 0 radical (unpaired) electrons.